The summed E-state index contributed by atoms with van der Waals surface area (Å²) in [5, 5.41) is 10.6. The molecular weight excluding hydrogens is 300 g/mol. The SMILES string of the molecule is COC(=O)CCCCCC[C@@H]1[C@@H](CC=O)CC[C@]1(O)OC(C)=O. The van der Waals surface area contributed by atoms with Crippen LogP contribution in [0.5, 0.6) is 0 Å². The van der Waals surface area contributed by atoms with E-state index in [0.29, 0.717) is 32.1 Å². The molecule has 6 nitrogen and oxygen atoms in total. The lowest BCUT2D eigenvalue weighted by atomic mass is 9.86. The van der Waals surface area contributed by atoms with E-state index >= 15 is 0 Å². The standard InChI is InChI=1S/C17H28O6/c1-13(19)23-17(21)11-9-14(10-12-18)15(17)7-5-3-4-6-8-16(20)22-2/h12,14-15,21H,3-11H2,1-2H3/t14-,15-,17+/m1/s1. The van der Waals surface area contributed by atoms with Gasteiger partial charge in [-0.25, -0.2) is 0 Å². The second kappa shape index (κ2) is 9.65. The molecule has 0 amide bonds. The first-order valence-electron chi connectivity index (χ1n) is 8.35. The van der Waals surface area contributed by atoms with Crippen molar-refractivity contribution >= 4 is 18.2 Å². The zero-order valence-corrected chi connectivity index (χ0v) is 14.1. The second-order valence-corrected chi connectivity index (χ2v) is 6.28. The van der Waals surface area contributed by atoms with Crippen LogP contribution in [0.2, 0.25) is 0 Å². The minimum Gasteiger partial charge on any atom is -0.469 e. The van der Waals surface area contributed by atoms with E-state index in [1.54, 1.807) is 0 Å². The third kappa shape index (κ3) is 6.29. The van der Waals surface area contributed by atoms with Crippen molar-refractivity contribution in [2.45, 2.75) is 70.5 Å². The molecule has 0 saturated heterocycles. The van der Waals surface area contributed by atoms with Gasteiger partial charge in [0.1, 0.15) is 6.29 Å². The van der Waals surface area contributed by atoms with Crippen LogP contribution in [0.3, 0.4) is 0 Å². The molecule has 0 radical (unpaired) electrons. The highest BCUT2D eigenvalue weighted by Gasteiger charge is 2.49. The fourth-order valence-electron chi connectivity index (χ4n) is 3.48. The molecule has 0 bridgehead atoms. The van der Waals surface area contributed by atoms with Gasteiger partial charge in [0, 0.05) is 32.1 Å². The monoisotopic (exact) mass is 328 g/mol. The van der Waals surface area contributed by atoms with Crippen molar-refractivity contribution in [1.29, 1.82) is 0 Å². The van der Waals surface area contributed by atoms with Crippen LogP contribution >= 0.6 is 0 Å². The third-order valence-corrected chi connectivity index (χ3v) is 4.61. The quantitative estimate of drug-likeness (QED) is 0.286. The van der Waals surface area contributed by atoms with Crippen molar-refractivity contribution in [3.63, 3.8) is 0 Å². The molecule has 1 aliphatic rings. The van der Waals surface area contributed by atoms with Gasteiger partial charge in [-0.3, -0.25) is 9.59 Å². The van der Waals surface area contributed by atoms with Crippen molar-refractivity contribution < 1.29 is 29.0 Å². The van der Waals surface area contributed by atoms with Gasteiger partial charge >= 0.3 is 11.9 Å². The fourth-order valence-corrected chi connectivity index (χ4v) is 3.48. The normalized spacial score (nSPS) is 26.7. The molecule has 0 aromatic rings. The van der Waals surface area contributed by atoms with E-state index in [1.165, 1.54) is 14.0 Å². The van der Waals surface area contributed by atoms with E-state index in [-0.39, 0.29) is 17.8 Å². The number of hydrogen-bond donors (Lipinski definition) is 1. The number of esters is 2. The molecule has 0 spiro atoms. The van der Waals surface area contributed by atoms with Gasteiger partial charge in [-0.1, -0.05) is 19.3 Å². The molecular formula is C17H28O6. The number of methoxy groups -OCH3 is 1. The Morgan fingerprint density at radius 3 is 2.57 bits per heavy atom. The predicted octanol–water partition coefficient (Wildman–Crippen LogP) is 2.37. The first-order chi connectivity index (χ1) is 10.9. The Labute approximate surface area is 137 Å². The van der Waals surface area contributed by atoms with Gasteiger partial charge in [0.2, 0.25) is 5.79 Å². The largest absolute Gasteiger partial charge is 0.469 e. The van der Waals surface area contributed by atoms with E-state index in [0.717, 1.165) is 32.0 Å². The number of rotatable bonds is 10. The zero-order valence-electron chi connectivity index (χ0n) is 14.1. The average molecular weight is 328 g/mol. The topological polar surface area (TPSA) is 89.9 Å². The molecule has 1 saturated carbocycles. The summed E-state index contributed by atoms with van der Waals surface area (Å²) in [5.74, 6) is -2.27. The van der Waals surface area contributed by atoms with Crippen LogP contribution in [0.25, 0.3) is 0 Å². The van der Waals surface area contributed by atoms with Crippen molar-refractivity contribution in [3.05, 3.63) is 0 Å². The smallest absolute Gasteiger partial charge is 0.305 e. The Bertz CT molecular complexity index is 408. The number of carbonyl (C=O) groups excluding carboxylic acids is 3. The van der Waals surface area contributed by atoms with E-state index in [1.807, 2.05) is 0 Å². The average Bonchev–Trinajstić information content (AvgIpc) is 2.78. The van der Waals surface area contributed by atoms with E-state index < -0.39 is 11.8 Å². The van der Waals surface area contributed by atoms with Crippen LogP contribution in [0.15, 0.2) is 0 Å². The molecule has 1 rings (SSSR count). The van der Waals surface area contributed by atoms with Crippen LogP contribution in [0.4, 0.5) is 0 Å². The Hall–Kier alpha value is -1.43. The minimum atomic E-state index is -1.44. The van der Waals surface area contributed by atoms with Gasteiger partial charge in [0.05, 0.1) is 7.11 Å². The Morgan fingerprint density at radius 1 is 1.26 bits per heavy atom. The molecule has 6 heteroatoms. The Kier molecular flexibility index (Phi) is 8.23. The van der Waals surface area contributed by atoms with Gasteiger partial charge in [0.25, 0.3) is 0 Å². The van der Waals surface area contributed by atoms with Crippen LogP contribution in [-0.4, -0.2) is 36.2 Å². The molecule has 132 valence electrons. The molecule has 23 heavy (non-hydrogen) atoms. The van der Waals surface area contributed by atoms with Gasteiger partial charge < -0.3 is 19.4 Å². The summed E-state index contributed by atoms with van der Waals surface area (Å²) in [6.07, 6.45) is 6.95. The zero-order chi connectivity index (χ0) is 17.3. The molecule has 3 atom stereocenters. The van der Waals surface area contributed by atoms with Crippen molar-refractivity contribution in [2.75, 3.05) is 7.11 Å². The molecule has 0 unspecified atom stereocenters. The second-order valence-electron chi connectivity index (χ2n) is 6.28. The van der Waals surface area contributed by atoms with E-state index in [9.17, 15) is 19.5 Å². The lowest BCUT2D eigenvalue weighted by Gasteiger charge is -2.31. The van der Waals surface area contributed by atoms with E-state index in [2.05, 4.69) is 4.74 Å². The minimum absolute atomic E-state index is 0.0620. The molecule has 0 aromatic carbocycles. The molecule has 0 heterocycles. The number of aldehydes is 1. The molecule has 1 N–H and O–H groups in total. The summed E-state index contributed by atoms with van der Waals surface area (Å²) in [7, 11) is 1.38. The van der Waals surface area contributed by atoms with Crippen LogP contribution in [0.1, 0.15) is 64.7 Å². The van der Waals surface area contributed by atoms with Gasteiger partial charge in [-0.05, 0) is 25.2 Å². The molecule has 0 aliphatic heterocycles. The van der Waals surface area contributed by atoms with Crippen LogP contribution < -0.4 is 0 Å². The molecule has 0 aromatic heterocycles. The maximum absolute atomic E-state index is 11.2. The maximum Gasteiger partial charge on any atom is 0.305 e. The summed E-state index contributed by atoms with van der Waals surface area (Å²) in [6, 6.07) is 0. The Morgan fingerprint density at radius 2 is 1.96 bits per heavy atom. The van der Waals surface area contributed by atoms with Crippen molar-refractivity contribution in [3.8, 4) is 0 Å². The van der Waals surface area contributed by atoms with Crippen LogP contribution in [-0.2, 0) is 23.9 Å². The summed E-state index contributed by atoms with van der Waals surface area (Å²) in [4.78, 5) is 33.1. The fraction of sp³-hybridized carbons (Fsp3) is 0.824. The molecule has 1 aliphatic carbocycles. The highest BCUT2D eigenvalue weighted by molar-refractivity contribution is 5.69. The van der Waals surface area contributed by atoms with Crippen molar-refractivity contribution in [1.82, 2.24) is 0 Å². The summed E-state index contributed by atoms with van der Waals surface area (Å²) >= 11 is 0. The highest BCUT2D eigenvalue weighted by atomic mass is 16.7. The van der Waals surface area contributed by atoms with Gasteiger partial charge in [-0.15, -0.1) is 0 Å². The van der Waals surface area contributed by atoms with Crippen LogP contribution in [0, 0.1) is 11.8 Å². The maximum atomic E-state index is 11.2. The Balaban J connectivity index is 2.43. The summed E-state index contributed by atoms with van der Waals surface area (Å²) < 4.78 is 9.74. The summed E-state index contributed by atoms with van der Waals surface area (Å²) in [6.45, 7) is 1.29. The number of carbonyl (C=O) groups is 3. The van der Waals surface area contributed by atoms with Gasteiger partial charge in [-0.2, -0.15) is 0 Å². The predicted molar refractivity (Wildman–Crippen MR) is 83.3 cm³/mol. The number of unbranched alkanes of at least 4 members (excludes halogenated alkanes) is 3. The summed E-state index contributed by atoms with van der Waals surface area (Å²) in [5.41, 5.74) is 0. The third-order valence-electron chi connectivity index (χ3n) is 4.61. The lowest BCUT2D eigenvalue weighted by Crippen LogP contribution is -2.40. The lowest BCUT2D eigenvalue weighted by molar-refractivity contribution is -0.225. The number of hydrogen-bond acceptors (Lipinski definition) is 6. The van der Waals surface area contributed by atoms with Crippen molar-refractivity contribution in [2.24, 2.45) is 11.8 Å². The molecule has 1 fully saturated rings. The number of ether oxygens (including phenoxy) is 2. The van der Waals surface area contributed by atoms with E-state index in [4.69, 9.17) is 4.74 Å². The highest BCUT2D eigenvalue weighted by Crippen LogP contribution is 2.45. The van der Waals surface area contributed by atoms with Gasteiger partial charge in [0.15, 0.2) is 0 Å². The first-order valence-corrected chi connectivity index (χ1v) is 8.35. The number of aliphatic hydroxyl groups is 1. The first kappa shape index (κ1) is 19.6.